The van der Waals surface area contributed by atoms with Crippen molar-refractivity contribution in [1.29, 1.82) is 0 Å². The molecule has 0 aliphatic heterocycles. The van der Waals surface area contributed by atoms with E-state index in [0.29, 0.717) is 12.1 Å². The molecule has 0 saturated carbocycles. The Kier molecular flexibility index (Phi) is 6.75. The normalized spacial score (nSPS) is 11.1. The van der Waals surface area contributed by atoms with Gasteiger partial charge >= 0.3 is 11.9 Å². The maximum absolute atomic E-state index is 14.2. The number of halogens is 2. The van der Waals surface area contributed by atoms with Crippen molar-refractivity contribution in [2.24, 2.45) is 0 Å². The van der Waals surface area contributed by atoms with Gasteiger partial charge in [0.15, 0.2) is 11.6 Å². The van der Waals surface area contributed by atoms with E-state index in [-0.39, 0.29) is 36.4 Å². The molecule has 11 heteroatoms. The first kappa shape index (κ1) is 22.1. The third-order valence-corrected chi connectivity index (χ3v) is 5.12. The predicted molar refractivity (Wildman–Crippen MR) is 97.7 cm³/mol. The number of nitrogens with one attached hydrogen (secondary N) is 1. The Balaban J connectivity index is 2.25. The van der Waals surface area contributed by atoms with Crippen LogP contribution in [-0.4, -0.2) is 37.2 Å². The number of carboxylic acids is 2. The van der Waals surface area contributed by atoms with Gasteiger partial charge in [0.25, 0.3) is 10.0 Å². The summed E-state index contributed by atoms with van der Waals surface area (Å²) >= 11 is 0. The smallest absolute Gasteiger partial charge is 0.337 e. The Bertz CT molecular complexity index is 1050. The molecule has 2 aromatic carbocycles. The maximum atomic E-state index is 14.2. The Labute approximate surface area is 164 Å². The molecule has 8 nitrogen and oxygen atoms in total. The highest BCUT2D eigenvalue weighted by molar-refractivity contribution is 7.92. The van der Waals surface area contributed by atoms with Crippen molar-refractivity contribution in [2.45, 2.75) is 24.7 Å². The van der Waals surface area contributed by atoms with Crippen LogP contribution in [0.15, 0.2) is 35.2 Å². The van der Waals surface area contributed by atoms with Crippen LogP contribution in [0.5, 0.6) is 5.75 Å². The first-order chi connectivity index (χ1) is 13.5. The fourth-order valence-electron chi connectivity index (χ4n) is 2.41. The van der Waals surface area contributed by atoms with Gasteiger partial charge in [0.1, 0.15) is 5.82 Å². The van der Waals surface area contributed by atoms with Crippen molar-refractivity contribution in [3.63, 3.8) is 0 Å². The lowest BCUT2D eigenvalue weighted by atomic mass is 10.1. The Morgan fingerprint density at radius 3 is 2.41 bits per heavy atom. The lowest BCUT2D eigenvalue weighted by Gasteiger charge is -2.14. The summed E-state index contributed by atoms with van der Waals surface area (Å²) in [5, 5.41) is 17.7. The van der Waals surface area contributed by atoms with E-state index in [2.05, 4.69) is 0 Å². The van der Waals surface area contributed by atoms with Crippen LogP contribution in [0.3, 0.4) is 0 Å². The van der Waals surface area contributed by atoms with Gasteiger partial charge in [-0.05, 0) is 49.2 Å². The molecule has 0 fully saturated rings. The number of sulfonamides is 1. The van der Waals surface area contributed by atoms with Crippen molar-refractivity contribution in [3.8, 4) is 5.75 Å². The van der Waals surface area contributed by atoms with E-state index in [1.807, 2.05) is 4.72 Å². The van der Waals surface area contributed by atoms with E-state index in [1.54, 1.807) is 0 Å². The number of ether oxygens (including phenoxy) is 1. The van der Waals surface area contributed by atoms with Crippen molar-refractivity contribution in [1.82, 2.24) is 0 Å². The number of benzene rings is 2. The summed E-state index contributed by atoms with van der Waals surface area (Å²) in [5.74, 6) is -4.69. The summed E-state index contributed by atoms with van der Waals surface area (Å²) < 4.78 is 59.8. The largest absolute Gasteiger partial charge is 0.491 e. The SMILES string of the molecule is Cc1cc(F)cc(C(=O)O)c1NS(=O)(=O)c1ccc(OCCCC(=O)O)c(F)c1. The molecule has 2 rings (SSSR count). The molecule has 2 aromatic rings. The molecule has 0 aromatic heterocycles. The molecule has 0 atom stereocenters. The van der Waals surface area contributed by atoms with Gasteiger partial charge in [0.05, 0.1) is 22.8 Å². The summed E-state index contributed by atoms with van der Waals surface area (Å²) in [4.78, 5) is 21.2. The van der Waals surface area contributed by atoms with Crippen molar-refractivity contribution >= 4 is 27.6 Å². The highest BCUT2D eigenvalue weighted by atomic mass is 32.2. The Morgan fingerprint density at radius 1 is 1.14 bits per heavy atom. The van der Waals surface area contributed by atoms with Gasteiger partial charge in [-0.3, -0.25) is 9.52 Å². The number of aryl methyl sites for hydroxylation is 1. The van der Waals surface area contributed by atoms with Gasteiger partial charge < -0.3 is 14.9 Å². The monoisotopic (exact) mass is 429 g/mol. The van der Waals surface area contributed by atoms with Crippen LogP contribution in [0.1, 0.15) is 28.8 Å². The number of aliphatic carboxylic acids is 1. The average Bonchev–Trinajstić information content (AvgIpc) is 2.61. The van der Waals surface area contributed by atoms with Crippen LogP contribution in [0, 0.1) is 18.6 Å². The second-order valence-electron chi connectivity index (χ2n) is 5.99. The molecule has 29 heavy (non-hydrogen) atoms. The predicted octanol–water partition coefficient (Wildman–Crippen LogP) is 3.02. The average molecular weight is 429 g/mol. The standard InChI is InChI=1S/C18H17F2NO7S/c1-10-7-11(19)8-13(18(24)25)17(10)21-29(26,27)12-4-5-15(14(20)9-12)28-6-2-3-16(22)23/h4-5,7-9,21H,2-3,6H2,1H3,(H,22,23)(H,24,25). The van der Waals surface area contributed by atoms with Crippen LogP contribution < -0.4 is 9.46 Å². The summed E-state index contributed by atoms with van der Waals surface area (Å²) in [7, 11) is -4.39. The van der Waals surface area contributed by atoms with Crippen molar-refractivity contribution < 1.29 is 41.7 Å². The van der Waals surface area contributed by atoms with Gasteiger partial charge in [-0.2, -0.15) is 0 Å². The summed E-state index contributed by atoms with van der Waals surface area (Å²) in [5.41, 5.74) is -0.900. The van der Waals surface area contributed by atoms with Gasteiger partial charge in [-0.1, -0.05) is 0 Å². The molecular weight excluding hydrogens is 412 g/mol. The third kappa shape index (κ3) is 5.64. The minimum Gasteiger partial charge on any atom is -0.491 e. The number of hydrogen-bond acceptors (Lipinski definition) is 5. The molecule has 0 amide bonds. The third-order valence-electron chi connectivity index (χ3n) is 3.77. The van der Waals surface area contributed by atoms with E-state index >= 15 is 0 Å². The highest BCUT2D eigenvalue weighted by Crippen LogP contribution is 2.27. The summed E-state index contributed by atoms with van der Waals surface area (Å²) in [6, 6.07) is 4.40. The highest BCUT2D eigenvalue weighted by Gasteiger charge is 2.22. The molecule has 0 saturated heterocycles. The van der Waals surface area contributed by atoms with Gasteiger partial charge in [-0.15, -0.1) is 0 Å². The quantitative estimate of drug-likeness (QED) is 0.522. The Hall–Kier alpha value is -3.21. The minimum absolute atomic E-state index is 0.0323. The second kappa shape index (κ2) is 8.86. The number of hydrogen-bond donors (Lipinski definition) is 3. The van der Waals surface area contributed by atoms with E-state index in [9.17, 15) is 31.9 Å². The van der Waals surface area contributed by atoms with E-state index < -0.39 is 44.1 Å². The van der Waals surface area contributed by atoms with Crippen molar-refractivity contribution in [3.05, 3.63) is 53.1 Å². The molecular formula is C18H17F2NO7S. The first-order valence-corrected chi connectivity index (χ1v) is 9.70. The zero-order chi connectivity index (χ0) is 21.8. The molecule has 0 radical (unpaired) electrons. The minimum atomic E-state index is -4.39. The van der Waals surface area contributed by atoms with Crippen LogP contribution in [0.4, 0.5) is 14.5 Å². The molecule has 156 valence electrons. The van der Waals surface area contributed by atoms with Crippen molar-refractivity contribution in [2.75, 3.05) is 11.3 Å². The fourth-order valence-corrected chi connectivity index (χ4v) is 3.58. The molecule has 0 aliphatic rings. The molecule has 0 aliphatic carbocycles. The van der Waals surface area contributed by atoms with Crippen LogP contribution in [0.2, 0.25) is 0 Å². The molecule has 0 heterocycles. The number of carbonyl (C=O) groups is 2. The molecule has 0 unspecified atom stereocenters. The van der Waals surface area contributed by atoms with Gasteiger partial charge in [-0.25, -0.2) is 22.0 Å². The Morgan fingerprint density at radius 2 is 1.83 bits per heavy atom. The number of carboxylic acid groups (broad SMARTS) is 2. The van der Waals surface area contributed by atoms with Crippen LogP contribution >= 0.6 is 0 Å². The van der Waals surface area contributed by atoms with Crippen LogP contribution in [-0.2, 0) is 14.8 Å². The second-order valence-corrected chi connectivity index (χ2v) is 7.68. The van der Waals surface area contributed by atoms with Gasteiger partial charge in [0.2, 0.25) is 0 Å². The van der Waals surface area contributed by atoms with E-state index in [4.69, 9.17) is 9.84 Å². The zero-order valence-electron chi connectivity index (χ0n) is 15.1. The lowest BCUT2D eigenvalue weighted by molar-refractivity contribution is -0.137. The molecule has 0 bridgehead atoms. The molecule has 3 N–H and O–H groups in total. The number of anilines is 1. The fraction of sp³-hybridized carbons (Fsp3) is 0.222. The topological polar surface area (TPSA) is 130 Å². The molecule has 0 spiro atoms. The first-order valence-electron chi connectivity index (χ1n) is 8.21. The van der Waals surface area contributed by atoms with E-state index in [0.717, 1.165) is 18.2 Å². The number of aromatic carboxylic acids is 1. The number of rotatable bonds is 9. The zero-order valence-corrected chi connectivity index (χ0v) is 15.9. The maximum Gasteiger partial charge on any atom is 0.337 e. The summed E-state index contributed by atoms with van der Waals surface area (Å²) in [6.45, 7) is 1.24. The van der Waals surface area contributed by atoms with Gasteiger partial charge in [0, 0.05) is 6.42 Å². The van der Waals surface area contributed by atoms with Crippen LogP contribution in [0.25, 0.3) is 0 Å². The summed E-state index contributed by atoms with van der Waals surface area (Å²) in [6.07, 6.45) is -0.0286. The lowest BCUT2D eigenvalue weighted by Crippen LogP contribution is -2.17. The van der Waals surface area contributed by atoms with E-state index in [1.165, 1.54) is 6.92 Å².